The van der Waals surface area contributed by atoms with Crippen molar-refractivity contribution >= 4 is 0 Å². The summed E-state index contributed by atoms with van der Waals surface area (Å²) in [6.45, 7) is 0. The third-order valence-electron chi connectivity index (χ3n) is 3.28. The minimum absolute atomic E-state index is 0.370. The SMILES string of the molecule is COc1cccc([C@H](N)c2nc(-c3ccccc3)n[nH]2)c1. The van der Waals surface area contributed by atoms with E-state index in [0.717, 1.165) is 16.9 Å². The second-order valence-electron chi connectivity index (χ2n) is 4.66. The number of H-pyrrole nitrogens is 1. The van der Waals surface area contributed by atoms with E-state index in [1.807, 2.05) is 54.6 Å². The Bertz CT molecular complexity index is 724. The van der Waals surface area contributed by atoms with Crippen LogP contribution in [0, 0.1) is 0 Å². The highest BCUT2D eigenvalue weighted by atomic mass is 16.5. The van der Waals surface area contributed by atoms with Crippen LogP contribution in [0.5, 0.6) is 5.75 Å². The molecule has 2 aromatic carbocycles. The fourth-order valence-corrected chi connectivity index (χ4v) is 2.12. The van der Waals surface area contributed by atoms with E-state index in [2.05, 4.69) is 15.2 Å². The molecule has 0 fully saturated rings. The number of aromatic nitrogens is 3. The largest absolute Gasteiger partial charge is 0.497 e. The van der Waals surface area contributed by atoms with Crippen LogP contribution in [0.2, 0.25) is 0 Å². The minimum atomic E-state index is -0.370. The lowest BCUT2D eigenvalue weighted by molar-refractivity contribution is 0.414. The van der Waals surface area contributed by atoms with Crippen molar-refractivity contribution in [2.45, 2.75) is 6.04 Å². The maximum Gasteiger partial charge on any atom is 0.181 e. The van der Waals surface area contributed by atoms with E-state index in [1.165, 1.54) is 0 Å². The fourth-order valence-electron chi connectivity index (χ4n) is 2.12. The summed E-state index contributed by atoms with van der Waals surface area (Å²) < 4.78 is 5.21. The maximum atomic E-state index is 6.24. The minimum Gasteiger partial charge on any atom is -0.497 e. The number of benzene rings is 2. The van der Waals surface area contributed by atoms with Crippen molar-refractivity contribution in [2.24, 2.45) is 5.73 Å². The first kappa shape index (κ1) is 13.3. The summed E-state index contributed by atoms with van der Waals surface area (Å²) in [5.74, 6) is 2.04. The van der Waals surface area contributed by atoms with Crippen LogP contribution in [0.1, 0.15) is 17.4 Å². The molecule has 1 aromatic heterocycles. The van der Waals surface area contributed by atoms with Crippen LogP contribution in [0.25, 0.3) is 11.4 Å². The molecule has 21 heavy (non-hydrogen) atoms. The summed E-state index contributed by atoms with van der Waals surface area (Å²) >= 11 is 0. The molecule has 0 spiro atoms. The van der Waals surface area contributed by atoms with Crippen molar-refractivity contribution in [3.8, 4) is 17.1 Å². The van der Waals surface area contributed by atoms with Crippen molar-refractivity contribution in [3.63, 3.8) is 0 Å². The zero-order chi connectivity index (χ0) is 14.7. The van der Waals surface area contributed by atoms with Crippen LogP contribution in [0.4, 0.5) is 0 Å². The Kier molecular flexibility index (Phi) is 3.66. The highest BCUT2D eigenvalue weighted by Gasteiger charge is 2.15. The number of rotatable bonds is 4. The molecule has 0 bridgehead atoms. The van der Waals surface area contributed by atoms with E-state index in [1.54, 1.807) is 7.11 Å². The van der Waals surface area contributed by atoms with Crippen molar-refractivity contribution in [1.82, 2.24) is 15.2 Å². The van der Waals surface area contributed by atoms with Gasteiger partial charge in [-0.15, -0.1) is 0 Å². The molecule has 3 N–H and O–H groups in total. The highest BCUT2D eigenvalue weighted by Crippen LogP contribution is 2.22. The number of hydrogen-bond donors (Lipinski definition) is 2. The maximum absolute atomic E-state index is 6.24. The van der Waals surface area contributed by atoms with Crippen LogP contribution in [-0.2, 0) is 0 Å². The molecule has 1 atom stereocenters. The third kappa shape index (κ3) is 2.78. The quantitative estimate of drug-likeness (QED) is 0.770. The Hall–Kier alpha value is -2.66. The fraction of sp³-hybridized carbons (Fsp3) is 0.125. The number of nitrogens with one attached hydrogen (secondary N) is 1. The Balaban J connectivity index is 1.88. The molecule has 0 unspecified atom stereocenters. The average molecular weight is 280 g/mol. The van der Waals surface area contributed by atoms with Gasteiger partial charge in [0.05, 0.1) is 13.2 Å². The van der Waals surface area contributed by atoms with Gasteiger partial charge in [0.1, 0.15) is 11.6 Å². The zero-order valence-electron chi connectivity index (χ0n) is 11.7. The van der Waals surface area contributed by atoms with Gasteiger partial charge in [-0.25, -0.2) is 4.98 Å². The number of aromatic amines is 1. The first-order valence-corrected chi connectivity index (χ1v) is 6.65. The van der Waals surface area contributed by atoms with Gasteiger partial charge in [-0.2, -0.15) is 5.10 Å². The molecule has 106 valence electrons. The first-order valence-electron chi connectivity index (χ1n) is 6.65. The summed E-state index contributed by atoms with van der Waals surface area (Å²) in [5.41, 5.74) is 8.12. The summed E-state index contributed by atoms with van der Waals surface area (Å²) in [5, 5.41) is 7.14. The lowest BCUT2D eigenvalue weighted by Gasteiger charge is -2.09. The molecule has 0 aliphatic rings. The van der Waals surface area contributed by atoms with Crippen LogP contribution in [-0.4, -0.2) is 22.3 Å². The predicted molar refractivity (Wildman–Crippen MR) is 80.8 cm³/mol. The Morgan fingerprint density at radius 3 is 2.67 bits per heavy atom. The summed E-state index contributed by atoms with van der Waals surface area (Å²) in [6.07, 6.45) is 0. The standard InChI is InChI=1S/C16H16N4O/c1-21-13-9-5-8-12(10-13)14(17)16-18-15(19-20-16)11-6-3-2-4-7-11/h2-10,14H,17H2,1H3,(H,18,19,20)/t14-/m0/s1. The molecular weight excluding hydrogens is 264 g/mol. The van der Waals surface area contributed by atoms with E-state index < -0.39 is 0 Å². The van der Waals surface area contributed by atoms with Crippen molar-refractivity contribution in [3.05, 3.63) is 66.0 Å². The van der Waals surface area contributed by atoms with E-state index in [9.17, 15) is 0 Å². The summed E-state index contributed by atoms with van der Waals surface area (Å²) in [7, 11) is 1.63. The smallest absolute Gasteiger partial charge is 0.181 e. The first-order chi connectivity index (χ1) is 10.3. The molecule has 0 aliphatic heterocycles. The Labute approximate surface area is 122 Å². The predicted octanol–water partition coefficient (Wildman–Crippen LogP) is 2.53. The second-order valence-corrected chi connectivity index (χ2v) is 4.66. The van der Waals surface area contributed by atoms with Gasteiger partial charge < -0.3 is 10.5 Å². The van der Waals surface area contributed by atoms with Gasteiger partial charge in [0.15, 0.2) is 5.82 Å². The van der Waals surface area contributed by atoms with E-state index in [4.69, 9.17) is 10.5 Å². The monoisotopic (exact) mass is 280 g/mol. The molecule has 0 aliphatic carbocycles. The van der Waals surface area contributed by atoms with Gasteiger partial charge in [-0.3, -0.25) is 5.10 Å². The molecule has 0 saturated carbocycles. The zero-order valence-corrected chi connectivity index (χ0v) is 11.7. The third-order valence-corrected chi connectivity index (χ3v) is 3.28. The molecule has 5 nitrogen and oxygen atoms in total. The van der Waals surface area contributed by atoms with Crippen molar-refractivity contribution in [1.29, 1.82) is 0 Å². The Morgan fingerprint density at radius 2 is 1.90 bits per heavy atom. The van der Waals surface area contributed by atoms with Crippen LogP contribution >= 0.6 is 0 Å². The van der Waals surface area contributed by atoms with Crippen molar-refractivity contribution in [2.75, 3.05) is 7.11 Å². The molecule has 3 aromatic rings. The summed E-state index contributed by atoms with van der Waals surface area (Å²) in [4.78, 5) is 4.48. The normalized spacial score (nSPS) is 12.1. The van der Waals surface area contributed by atoms with Gasteiger partial charge in [-0.05, 0) is 17.7 Å². The number of hydrogen-bond acceptors (Lipinski definition) is 4. The Morgan fingerprint density at radius 1 is 1.10 bits per heavy atom. The molecular formula is C16H16N4O. The van der Waals surface area contributed by atoms with Gasteiger partial charge in [-0.1, -0.05) is 42.5 Å². The topological polar surface area (TPSA) is 76.8 Å². The van der Waals surface area contributed by atoms with Crippen molar-refractivity contribution < 1.29 is 4.74 Å². The number of ether oxygens (including phenoxy) is 1. The summed E-state index contributed by atoms with van der Waals surface area (Å²) in [6, 6.07) is 17.0. The number of methoxy groups -OCH3 is 1. The van der Waals surface area contributed by atoms with Gasteiger partial charge >= 0.3 is 0 Å². The second kappa shape index (κ2) is 5.76. The average Bonchev–Trinajstić information content (AvgIpc) is 3.05. The van der Waals surface area contributed by atoms with E-state index in [0.29, 0.717) is 11.6 Å². The molecule has 0 radical (unpaired) electrons. The van der Waals surface area contributed by atoms with Crippen LogP contribution in [0.15, 0.2) is 54.6 Å². The van der Waals surface area contributed by atoms with E-state index in [-0.39, 0.29) is 6.04 Å². The number of nitrogens with zero attached hydrogens (tertiary/aromatic N) is 2. The van der Waals surface area contributed by atoms with Gasteiger partial charge in [0.25, 0.3) is 0 Å². The van der Waals surface area contributed by atoms with Crippen LogP contribution < -0.4 is 10.5 Å². The lowest BCUT2D eigenvalue weighted by Crippen LogP contribution is -2.13. The highest BCUT2D eigenvalue weighted by molar-refractivity contribution is 5.54. The molecule has 0 amide bonds. The van der Waals surface area contributed by atoms with Gasteiger partial charge in [0, 0.05) is 5.56 Å². The van der Waals surface area contributed by atoms with Gasteiger partial charge in [0.2, 0.25) is 0 Å². The van der Waals surface area contributed by atoms with Crippen LogP contribution in [0.3, 0.4) is 0 Å². The molecule has 1 heterocycles. The van der Waals surface area contributed by atoms with E-state index >= 15 is 0 Å². The molecule has 0 saturated heterocycles. The number of nitrogens with two attached hydrogens (primary N) is 1. The lowest BCUT2D eigenvalue weighted by atomic mass is 10.1. The molecule has 3 rings (SSSR count). The molecule has 5 heteroatoms.